The number of hydrogen-bond donors (Lipinski definition) is 1. The van der Waals surface area contributed by atoms with Crippen molar-refractivity contribution >= 4 is 28.3 Å². The maximum absolute atomic E-state index is 8.93. The smallest absolute Gasteiger partial charge is 0.201 e. The van der Waals surface area contributed by atoms with E-state index in [0.29, 0.717) is 18.1 Å². The number of anilines is 1. The number of fused-ring (bicyclic) bond motifs is 1. The van der Waals surface area contributed by atoms with Crippen molar-refractivity contribution in [2.24, 2.45) is 0 Å². The summed E-state index contributed by atoms with van der Waals surface area (Å²) < 4.78 is 1.87. The fraction of sp³-hybridized carbons (Fsp3) is 0.0833. The van der Waals surface area contributed by atoms with Crippen molar-refractivity contribution in [2.45, 2.75) is 6.54 Å². The molecule has 0 bridgehead atoms. The van der Waals surface area contributed by atoms with E-state index >= 15 is 0 Å². The first-order chi connectivity index (χ1) is 8.78. The van der Waals surface area contributed by atoms with Gasteiger partial charge < -0.3 is 10.3 Å². The van der Waals surface area contributed by atoms with Crippen LogP contribution in [0.2, 0.25) is 0 Å². The second kappa shape index (κ2) is 4.13. The van der Waals surface area contributed by atoms with E-state index in [2.05, 4.69) is 16.0 Å². The van der Waals surface area contributed by atoms with E-state index in [-0.39, 0.29) is 0 Å². The number of nitrogens with zero attached hydrogens (tertiary/aromatic N) is 4. The zero-order valence-corrected chi connectivity index (χ0v) is 10.2. The molecule has 0 saturated carbocycles. The predicted molar refractivity (Wildman–Crippen MR) is 70.1 cm³/mol. The van der Waals surface area contributed by atoms with E-state index in [0.717, 1.165) is 16.0 Å². The fourth-order valence-corrected chi connectivity index (χ4v) is 2.45. The lowest BCUT2D eigenvalue weighted by molar-refractivity contribution is 0.829. The van der Waals surface area contributed by atoms with Gasteiger partial charge in [-0.15, -0.1) is 11.3 Å². The Hall–Kier alpha value is -2.39. The summed E-state index contributed by atoms with van der Waals surface area (Å²) in [5.41, 5.74) is 8.16. The van der Waals surface area contributed by atoms with E-state index in [1.165, 1.54) is 0 Å². The Morgan fingerprint density at radius 1 is 1.44 bits per heavy atom. The Kier molecular flexibility index (Phi) is 2.46. The lowest BCUT2D eigenvalue weighted by Gasteiger charge is -2.03. The van der Waals surface area contributed by atoms with Crippen LogP contribution < -0.4 is 5.73 Å². The van der Waals surface area contributed by atoms with Gasteiger partial charge in [0.25, 0.3) is 0 Å². The number of imidazole rings is 1. The van der Waals surface area contributed by atoms with Gasteiger partial charge in [-0.3, -0.25) is 0 Å². The molecule has 18 heavy (non-hydrogen) atoms. The molecule has 0 unspecified atom stereocenters. The Morgan fingerprint density at radius 3 is 3.06 bits per heavy atom. The van der Waals surface area contributed by atoms with Gasteiger partial charge in [0, 0.05) is 11.6 Å². The minimum atomic E-state index is 0.440. The van der Waals surface area contributed by atoms with Crippen molar-refractivity contribution < 1.29 is 0 Å². The molecule has 5 nitrogen and oxygen atoms in total. The Morgan fingerprint density at radius 2 is 2.33 bits per heavy atom. The van der Waals surface area contributed by atoms with E-state index in [1.54, 1.807) is 29.7 Å². The molecule has 0 atom stereocenters. The van der Waals surface area contributed by atoms with Crippen LogP contribution >= 0.6 is 11.3 Å². The number of hydrogen-bond acceptors (Lipinski definition) is 5. The van der Waals surface area contributed by atoms with Gasteiger partial charge in [-0.25, -0.2) is 9.97 Å². The fourth-order valence-electron chi connectivity index (χ4n) is 1.84. The molecule has 2 heterocycles. The second-order valence-electron chi connectivity index (χ2n) is 3.80. The number of benzene rings is 1. The number of aromatic nitrogens is 3. The van der Waals surface area contributed by atoms with E-state index < -0.39 is 0 Å². The van der Waals surface area contributed by atoms with Gasteiger partial charge in [0.15, 0.2) is 0 Å². The van der Waals surface area contributed by atoms with Gasteiger partial charge in [0.2, 0.25) is 5.95 Å². The van der Waals surface area contributed by atoms with Gasteiger partial charge >= 0.3 is 0 Å². The van der Waals surface area contributed by atoms with Gasteiger partial charge in [-0.05, 0) is 18.2 Å². The van der Waals surface area contributed by atoms with Crippen LogP contribution in [0, 0.1) is 11.3 Å². The van der Waals surface area contributed by atoms with E-state index in [4.69, 9.17) is 11.0 Å². The van der Waals surface area contributed by atoms with Crippen molar-refractivity contribution in [3.05, 3.63) is 40.3 Å². The molecule has 0 aliphatic carbocycles. The number of thiazole rings is 1. The highest BCUT2D eigenvalue weighted by Crippen LogP contribution is 2.21. The topological polar surface area (TPSA) is 80.5 Å². The minimum Gasteiger partial charge on any atom is -0.369 e. The third kappa shape index (κ3) is 1.71. The standard InChI is InChI=1S/C12H9N5S/c13-6-8-1-2-9-10(5-8)17(12(14)16-9)7-11-15-3-4-18-11/h1-5H,7H2,(H2,14,16). The summed E-state index contributed by atoms with van der Waals surface area (Å²) in [6, 6.07) is 7.46. The zero-order valence-electron chi connectivity index (χ0n) is 9.37. The maximum atomic E-state index is 8.93. The Balaban J connectivity index is 2.15. The zero-order chi connectivity index (χ0) is 12.5. The minimum absolute atomic E-state index is 0.440. The first-order valence-electron chi connectivity index (χ1n) is 5.32. The van der Waals surface area contributed by atoms with Crippen LogP contribution in [0.15, 0.2) is 29.8 Å². The van der Waals surface area contributed by atoms with E-state index in [9.17, 15) is 0 Å². The van der Waals surface area contributed by atoms with Crippen molar-refractivity contribution in [3.8, 4) is 6.07 Å². The van der Waals surface area contributed by atoms with Crippen LogP contribution in [0.3, 0.4) is 0 Å². The molecule has 88 valence electrons. The summed E-state index contributed by atoms with van der Waals surface area (Å²) in [6.45, 7) is 0.578. The summed E-state index contributed by atoms with van der Waals surface area (Å²) in [4.78, 5) is 8.51. The van der Waals surface area contributed by atoms with Crippen LogP contribution in [-0.2, 0) is 6.54 Å². The molecule has 1 aromatic carbocycles. The number of rotatable bonds is 2. The van der Waals surface area contributed by atoms with Gasteiger partial charge in [-0.1, -0.05) is 0 Å². The average molecular weight is 255 g/mol. The lowest BCUT2D eigenvalue weighted by atomic mass is 10.2. The molecular weight excluding hydrogens is 246 g/mol. The summed E-state index contributed by atoms with van der Waals surface area (Å²) in [7, 11) is 0. The van der Waals surface area contributed by atoms with Crippen LogP contribution in [0.5, 0.6) is 0 Å². The molecule has 6 heteroatoms. The van der Waals surface area contributed by atoms with Crippen LogP contribution in [0.1, 0.15) is 10.6 Å². The maximum Gasteiger partial charge on any atom is 0.201 e. The molecule has 0 aliphatic heterocycles. The largest absolute Gasteiger partial charge is 0.369 e. The van der Waals surface area contributed by atoms with Crippen molar-refractivity contribution in [1.82, 2.24) is 14.5 Å². The number of nitrogens with two attached hydrogens (primary N) is 1. The SMILES string of the molecule is N#Cc1ccc2nc(N)n(Cc3nccs3)c2c1. The molecular formula is C12H9N5S. The van der Waals surface area contributed by atoms with Gasteiger partial charge in [0.05, 0.1) is 29.2 Å². The highest BCUT2D eigenvalue weighted by atomic mass is 32.1. The number of nitrogen functional groups attached to an aromatic ring is 1. The molecule has 0 aliphatic rings. The van der Waals surface area contributed by atoms with Gasteiger partial charge in [0.1, 0.15) is 5.01 Å². The highest BCUT2D eigenvalue weighted by Gasteiger charge is 2.10. The predicted octanol–water partition coefficient (Wildman–Crippen LogP) is 1.99. The highest BCUT2D eigenvalue weighted by molar-refractivity contribution is 7.09. The molecule has 0 spiro atoms. The van der Waals surface area contributed by atoms with Crippen molar-refractivity contribution in [2.75, 3.05) is 5.73 Å². The monoisotopic (exact) mass is 255 g/mol. The Bertz CT molecular complexity index is 736. The van der Waals surface area contributed by atoms with Crippen molar-refractivity contribution in [1.29, 1.82) is 5.26 Å². The van der Waals surface area contributed by atoms with Crippen LogP contribution in [0.25, 0.3) is 11.0 Å². The summed E-state index contributed by atoms with van der Waals surface area (Å²) >= 11 is 1.57. The van der Waals surface area contributed by atoms with Crippen molar-refractivity contribution in [3.63, 3.8) is 0 Å². The normalized spacial score (nSPS) is 10.6. The lowest BCUT2D eigenvalue weighted by Crippen LogP contribution is -2.04. The molecule has 3 aromatic rings. The first-order valence-corrected chi connectivity index (χ1v) is 6.20. The summed E-state index contributed by atoms with van der Waals surface area (Å²) in [5, 5.41) is 11.8. The molecule has 0 radical (unpaired) electrons. The van der Waals surface area contributed by atoms with Crippen LogP contribution in [-0.4, -0.2) is 14.5 Å². The second-order valence-corrected chi connectivity index (χ2v) is 4.78. The number of nitriles is 1. The third-order valence-corrected chi connectivity index (χ3v) is 3.45. The molecule has 0 saturated heterocycles. The molecule has 2 aromatic heterocycles. The first kappa shape index (κ1) is 10.7. The third-order valence-electron chi connectivity index (χ3n) is 2.68. The Labute approximate surface area is 107 Å². The molecule has 0 fully saturated rings. The average Bonchev–Trinajstić information content (AvgIpc) is 2.99. The molecule has 0 amide bonds. The summed E-state index contributed by atoms with van der Waals surface area (Å²) in [6.07, 6.45) is 1.76. The quantitative estimate of drug-likeness (QED) is 0.759. The van der Waals surface area contributed by atoms with Gasteiger partial charge in [-0.2, -0.15) is 5.26 Å². The van der Waals surface area contributed by atoms with Crippen LogP contribution in [0.4, 0.5) is 5.95 Å². The molecule has 2 N–H and O–H groups in total. The van der Waals surface area contributed by atoms with E-state index in [1.807, 2.05) is 16.0 Å². The summed E-state index contributed by atoms with van der Waals surface area (Å²) in [5.74, 6) is 0.440. The molecule has 3 rings (SSSR count).